The fourth-order valence-corrected chi connectivity index (χ4v) is 2.28. The highest BCUT2D eigenvalue weighted by Crippen LogP contribution is 2.15. The van der Waals surface area contributed by atoms with E-state index in [2.05, 4.69) is 10.1 Å². The van der Waals surface area contributed by atoms with Crippen LogP contribution in [0.15, 0.2) is 30.0 Å². The second-order valence-corrected chi connectivity index (χ2v) is 4.95. The molecule has 0 radical (unpaired) electrons. The molecule has 1 heterocycles. The largest absolute Gasteiger partial charge is 0.465 e. The Morgan fingerprint density at radius 3 is 2.62 bits per heavy atom. The predicted octanol–water partition coefficient (Wildman–Crippen LogP) is 1.94. The zero-order valence-corrected chi connectivity index (χ0v) is 12.7. The van der Waals surface area contributed by atoms with Crippen molar-refractivity contribution in [2.75, 3.05) is 13.7 Å². The molecule has 0 atom stereocenters. The predicted molar refractivity (Wildman–Crippen MR) is 83.5 cm³/mol. The Labute approximate surface area is 128 Å². The number of esters is 1. The molecule has 0 spiro atoms. The first-order chi connectivity index (χ1) is 10.1. The first kappa shape index (κ1) is 15.2. The molecule has 1 aromatic carbocycles. The van der Waals surface area contributed by atoms with E-state index in [-0.39, 0.29) is 11.9 Å². The number of carbonyl (C=O) groups is 2. The Morgan fingerprint density at radius 1 is 1.38 bits per heavy atom. The highest BCUT2D eigenvalue weighted by molar-refractivity contribution is 7.80. The maximum Gasteiger partial charge on any atom is 0.337 e. The van der Waals surface area contributed by atoms with E-state index in [0.717, 1.165) is 12.0 Å². The fourth-order valence-electron chi connectivity index (χ4n) is 2.00. The van der Waals surface area contributed by atoms with Crippen molar-refractivity contribution in [3.63, 3.8) is 0 Å². The van der Waals surface area contributed by atoms with E-state index in [0.29, 0.717) is 22.9 Å². The van der Waals surface area contributed by atoms with E-state index in [4.69, 9.17) is 12.2 Å². The summed E-state index contributed by atoms with van der Waals surface area (Å²) >= 11 is 5.14. The van der Waals surface area contributed by atoms with Crippen LogP contribution in [-0.4, -0.2) is 35.5 Å². The minimum absolute atomic E-state index is 0.126. The lowest BCUT2D eigenvalue weighted by atomic mass is 10.1. The summed E-state index contributed by atoms with van der Waals surface area (Å²) in [5, 5.41) is 3.34. The minimum atomic E-state index is -0.389. The Hall–Kier alpha value is -2.21. The number of methoxy groups -OCH3 is 1. The van der Waals surface area contributed by atoms with Gasteiger partial charge in [-0.2, -0.15) is 0 Å². The van der Waals surface area contributed by atoms with Crippen molar-refractivity contribution in [3.8, 4) is 0 Å². The number of hydrogen-bond acceptors (Lipinski definition) is 4. The number of hydrogen-bond donors (Lipinski definition) is 1. The summed E-state index contributed by atoms with van der Waals surface area (Å²) in [7, 11) is 1.34. The third-order valence-corrected chi connectivity index (χ3v) is 3.37. The summed E-state index contributed by atoms with van der Waals surface area (Å²) in [5.74, 6) is -0.515. The zero-order valence-electron chi connectivity index (χ0n) is 11.9. The Morgan fingerprint density at radius 2 is 2.05 bits per heavy atom. The lowest BCUT2D eigenvalue weighted by Gasteiger charge is -2.11. The molecular weight excluding hydrogens is 288 g/mol. The molecule has 1 N–H and O–H groups in total. The van der Waals surface area contributed by atoms with E-state index in [9.17, 15) is 9.59 Å². The molecule has 6 heteroatoms. The number of benzene rings is 1. The van der Waals surface area contributed by atoms with Crippen molar-refractivity contribution in [2.24, 2.45) is 0 Å². The molecule has 21 heavy (non-hydrogen) atoms. The van der Waals surface area contributed by atoms with Crippen molar-refractivity contribution < 1.29 is 14.3 Å². The number of rotatable bonds is 4. The van der Waals surface area contributed by atoms with Gasteiger partial charge in [0.15, 0.2) is 5.11 Å². The van der Waals surface area contributed by atoms with E-state index in [1.165, 1.54) is 7.11 Å². The van der Waals surface area contributed by atoms with Gasteiger partial charge in [-0.25, -0.2) is 4.79 Å². The monoisotopic (exact) mass is 304 g/mol. The fraction of sp³-hybridized carbons (Fsp3) is 0.267. The maximum atomic E-state index is 12.2. The van der Waals surface area contributed by atoms with Crippen LogP contribution >= 0.6 is 12.2 Å². The van der Waals surface area contributed by atoms with Crippen molar-refractivity contribution in [1.29, 1.82) is 0 Å². The average Bonchev–Trinajstić information content (AvgIpc) is 2.75. The SMILES string of the molecule is CCCN1C(=O)/C(=C/c2ccc(C(=O)OC)cc2)NC1=S. The molecule has 0 saturated carbocycles. The average molecular weight is 304 g/mol. The van der Waals surface area contributed by atoms with Gasteiger partial charge in [0.2, 0.25) is 0 Å². The van der Waals surface area contributed by atoms with Crippen LogP contribution in [0.4, 0.5) is 0 Å². The van der Waals surface area contributed by atoms with E-state index < -0.39 is 0 Å². The van der Waals surface area contributed by atoms with Gasteiger partial charge in [0.1, 0.15) is 5.70 Å². The number of thiocarbonyl (C=S) groups is 1. The highest BCUT2D eigenvalue weighted by atomic mass is 32.1. The number of carbonyl (C=O) groups excluding carboxylic acids is 2. The Balaban J connectivity index is 2.19. The third kappa shape index (κ3) is 3.28. The highest BCUT2D eigenvalue weighted by Gasteiger charge is 2.29. The summed E-state index contributed by atoms with van der Waals surface area (Å²) in [6.45, 7) is 2.59. The van der Waals surface area contributed by atoms with Crippen molar-refractivity contribution in [3.05, 3.63) is 41.1 Å². The molecule has 1 amide bonds. The molecule has 0 unspecified atom stereocenters. The standard InChI is InChI=1S/C15H16N2O3S/c1-3-8-17-13(18)12(16-15(17)21)9-10-4-6-11(7-5-10)14(19)20-2/h4-7,9H,3,8H2,1-2H3,(H,16,21)/b12-9-. The Bertz CT molecular complexity index is 608. The van der Waals surface area contributed by atoms with E-state index >= 15 is 0 Å². The second kappa shape index (κ2) is 6.49. The molecule has 1 saturated heterocycles. The van der Waals surface area contributed by atoms with Crippen molar-refractivity contribution >= 4 is 35.3 Å². The number of ether oxygens (including phenoxy) is 1. The number of nitrogens with one attached hydrogen (secondary N) is 1. The molecule has 1 aromatic rings. The molecule has 2 rings (SSSR count). The maximum absolute atomic E-state index is 12.2. The van der Waals surface area contributed by atoms with E-state index in [1.807, 2.05) is 6.92 Å². The van der Waals surface area contributed by atoms with Gasteiger partial charge >= 0.3 is 5.97 Å². The lowest BCUT2D eigenvalue weighted by molar-refractivity contribution is -0.122. The van der Waals surface area contributed by atoms with Gasteiger partial charge in [0, 0.05) is 6.54 Å². The molecule has 1 aliphatic rings. The first-order valence-electron chi connectivity index (χ1n) is 6.59. The second-order valence-electron chi connectivity index (χ2n) is 4.56. The van der Waals surface area contributed by atoms with Gasteiger partial charge in [0.05, 0.1) is 12.7 Å². The molecule has 0 aromatic heterocycles. The van der Waals surface area contributed by atoms with Gasteiger partial charge in [-0.15, -0.1) is 0 Å². The summed E-state index contributed by atoms with van der Waals surface area (Å²) in [6.07, 6.45) is 2.56. The van der Waals surface area contributed by atoms with Crippen LogP contribution in [0.5, 0.6) is 0 Å². The number of amides is 1. The van der Waals surface area contributed by atoms with Crippen LogP contribution in [0.1, 0.15) is 29.3 Å². The lowest BCUT2D eigenvalue weighted by Crippen LogP contribution is -2.31. The quantitative estimate of drug-likeness (QED) is 0.523. The van der Waals surface area contributed by atoms with Gasteiger partial charge < -0.3 is 10.1 Å². The van der Waals surface area contributed by atoms with Crippen LogP contribution in [-0.2, 0) is 9.53 Å². The Kier molecular flexibility index (Phi) is 4.70. The van der Waals surface area contributed by atoms with Crippen LogP contribution < -0.4 is 5.32 Å². The van der Waals surface area contributed by atoms with Crippen molar-refractivity contribution in [1.82, 2.24) is 10.2 Å². The molecule has 110 valence electrons. The summed E-state index contributed by atoms with van der Waals surface area (Å²) in [6, 6.07) is 6.80. The van der Waals surface area contributed by atoms with Crippen LogP contribution in [0, 0.1) is 0 Å². The van der Waals surface area contributed by atoms with Gasteiger partial charge in [-0.05, 0) is 42.4 Å². The third-order valence-electron chi connectivity index (χ3n) is 3.05. The topological polar surface area (TPSA) is 58.6 Å². The molecule has 0 aliphatic carbocycles. The van der Waals surface area contributed by atoms with Crippen molar-refractivity contribution in [2.45, 2.75) is 13.3 Å². The van der Waals surface area contributed by atoms with Gasteiger partial charge in [-0.3, -0.25) is 9.69 Å². The van der Waals surface area contributed by atoms with E-state index in [1.54, 1.807) is 35.2 Å². The summed E-state index contributed by atoms with van der Waals surface area (Å²) < 4.78 is 4.64. The molecule has 1 aliphatic heterocycles. The van der Waals surface area contributed by atoms with Crippen LogP contribution in [0.25, 0.3) is 6.08 Å². The normalized spacial score (nSPS) is 16.3. The molecule has 5 nitrogen and oxygen atoms in total. The minimum Gasteiger partial charge on any atom is -0.465 e. The molecule has 0 bridgehead atoms. The van der Waals surface area contributed by atoms with Gasteiger partial charge in [0.25, 0.3) is 5.91 Å². The number of nitrogens with zero attached hydrogens (tertiary/aromatic N) is 1. The van der Waals surface area contributed by atoms with Gasteiger partial charge in [-0.1, -0.05) is 19.1 Å². The zero-order chi connectivity index (χ0) is 15.4. The molecular formula is C15H16N2O3S. The summed E-state index contributed by atoms with van der Waals surface area (Å²) in [5.41, 5.74) is 1.72. The first-order valence-corrected chi connectivity index (χ1v) is 7.00. The van der Waals surface area contributed by atoms with Crippen LogP contribution in [0.3, 0.4) is 0 Å². The smallest absolute Gasteiger partial charge is 0.337 e. The van der Waals surface area contributed by atoms with Crippen LogP contribution in [0.2, 0.25) is 0 Å². The summed E-state index contributed by atoms with van der Waals surface area (Å²) in [4.78, 5) is 25.1. The molecule has 1 fully saturated rings.